The zero-order valence-electron chi connectivity index (χ0n) is 8.92. The summed E-state index contributed by atoms with van der Waals surface area (Å²) in [7, 11) is 1.28. The molecule has 5 heteroatoms. The average Bonchev–Trinajstić information content (AvgIpc) is 2.23. The highest BCUT2D eigenvalue weighted by atomic mass is 19.1. The first-order chi connectivity index (χ1) is 7.70. The van der Waals surface area contributed by atoms with Gasteiger partial charge in [0.1, 0.15) is 5.82 Å². The topological polar surface area (TPSA) is 50.4 Å². The van der Waals surface area contributed by atoms with Gasteiger partial charge in [-0.05, 0) is 18.2 Å². The molecule has 2 rings (SSSR count). The lowest BCUT2D eigenvalue weighted by atomic mass is 10.1. The largest absolute Gasteiger partial charge is 0.465 e. The van der Waals surface area contributed by atoms with E-state index in [-0.39, 0.29) is 11.6 Å². The van der Waals surface area contributed by atoms with Crippen LogP contribution in [0.2, 0.25) is 0 Å². The van der Waals surface area contributed by atoms with Gasteiger partial charge >= 0.3 is 5.97 Å². The molecule has 0 aliphatic carbocycles. The smallest absolute Gasteiger partial charge is 0.340 e. The van der Waals surface area contributed by atoms with Crippen LogP contribution in [0, 0.1) is 5.82 Å². The molecule has 1 aliphatic rings. The van der Waals surface area contributed by atoms with Crippen LogP contribution >= 0.6 is 0 Å². The lowest BCUT2D eigenvalue weighted by Gasteiger charge is -2.29. The van der Waals surface area contributed by atoms with Gasteiger partial charge in [-0.3, -0.25) is 0 Å². The molecule has 0 saturated carbocycles. The molecule has 86 valence electrons. The van der Waals surface area contributed by atoms with Gasteiger partial charge in [0.05, 0.1) is 18.7 Å². The van der Waals surface area contributed by atoms with Crippen molar-refractivity contribution in [3.63, 3.8) is 0 Å². The monoisotopic (exact) mass is 224 g/mol. The van der Waals surface area contributed by atoms with Gasteiger partial charge in [-0.15, -0.1) is 0 Å². The second kappa shape index (κ2) is 4.49. The van der Waals surface area contributed by atoms with Crippen LogP contribution in [0.25, 0.3) is 0 Å². The second-order valence-corrected chi connectivity index (χ2v) is 3.68. The number of benzene rings is 1. The van der Waals surface area contributed by atoms with Gasteiger partial charge in [-0.1, -0.05) is 0 Å². The molecule has 1 aromatic rings. The molecule has 16 heavy (non-hydrogen) atoms. The summed E-state index contributed by atoms with van der Waals surface area (Å²) in [6.45, 7) is 1.69. The number of hydrogen-bond acceptors (Lipinski definition) is 4. The molecule has 0 aromatic heterocycles. The molecule has 1 aliphatic heterocycles. The highest BCUT2D eigenvalue weighted by Crippen LogP contribution is 2.19. The molecule has 0 amide bonds. The van der Waals surface area contributed by atoms with Gasteiger partial charge in [0.2, 0.25) is 0 Å². The number of halogens is 1. The summed E-state index contributed by atoms with van der Waals surface area (Å²) < 4.78 is 17.6. The Morgan fingerprint density at radius 2 is 2.31 bits per heavy atom. The fourth-order valence-electron chi connectivity index (χ4n) is 1.53. The number of carbonyl (C=O) groups excluding carboxylic acids is 1. The number of nitrogens with one attached hydrogen (secondary N) is 2. The standard InChI is InChI=1S/C11H13FN2O2/c1-16-11(15)9-4-7(12)2-3-10(9)14-8-5-13-6-8/h2-4,8,13-14H,5-6H2,1H3. The third-order valence-corrected chi connectivity index (χ3v) is 2.53. The SMILES string of the molecule is COC(=O)c1cc(F)ccc1NC1CNC1. The van der Waals surface area contributed by atoms with Crippen molar-refractivity contribution >= 4 is 11.7 Å². The fourth-order valence-corrected chi connectivity index (χ4v) is 1.53. The first kappa shape index (κ1) is 10.9. The molecule has 0 atom stereocenters. The number of hydrogen-bond donors (Lipinski definition) is 2. The highest BCUT2D eigenvalue weighted by molar-refractivity contribution is 5.95. The van der Waals surface area contributed by atoms with E-state index in [1.54, 1.807) is 6.07 Å². The van der Waals surface area contributed by atoms with Gasteiger partial charge in [0.15, 0.2) is 0 Å². The predicted octanol–water partition coefficient (Wildman–Crippen LogP) is 0.996. The molecule has 0 spiro atoms. The van der Waals surface area contributed by atoms with E-state index in [0.29, 0.717) is 5.69 Å². The van der Waals surface area contributed by atoms with Gasteiger partial charge < -0.3 is 15.4 Å². The Labute approximate surface area is 92.8 Å². The van der Waals surface area contributed by atoms with Crippen molar-refractivity contribution in [1.29, 1.82) is 0 Å². The van der Waals surface area contributed by atoms with Crippen LogP contribution < -0.4 is 10.6 Å². The number of rotatable bonds is 3. The van der Waals surface area contributed by atoms with Crippen LogP contribution in [0.3, 0.4) is 0 Å². The minimum Gasteiger partial charge on any atom is -0.465 e. The van der Waals surface area contributed by atoms with E-state index in [1.165, 1.54) is 19.2 Å². The van der Waals surface area contributed by atoms with E-state index in [1.807, 2.05) is 0 Å². The third kappa shape index (κ3) is 2.14. The Kier molecular flexibility index (Phi) is 3.05. The lowest BCUT2D eigenvalue weighted by molar-refractivity contribution is 0.0601. The third-order valence-electron chi connectivity index (χ3n) is 2.53. The molecule has 4 nitrogen and oxygen atoms in total. The molecule has 1 heterocycles. The summed E-state index contributed by atoms with van der Waals surface area (Å²) in [5, 5.41) is 6.26. The average molecular weight is 224 g/mol. The lowest BCUT2D eigenvalue weighted by Crippen LogP contribution is -2.51. The van der Waals surface area contributed by atoms with Crippen LogP contribution in [0.5, 0.6) is 0 Å². The van der Waals surface area contributed by atoms with Crippen LogP contribution in [0.4, 0.5) is 10.1 Å². The molecular weight excluding hydrogens is 211 g/mol. The predicted molar refractivity (Wildman–Crippen MR) is 58.0 cm³/mol. The second-order valence-electron chi connectivity index (χ2n) is 3.68. The van der Waals surface area contributed by atoms with Crippen LogP contribution in [-0.4, -0.2) is 32.2 Å². The maximum atomic E-state index is 13.0. The van der Waals surface area contributed by atoms with Crippen molar-refractivity contribution in [1.82, 2.24) is 5.32 Å². The molecular formula is C11H13FN2O2. The zero-order chi connectivity index (χ0) is 11.5. The van der Waals surface area contributed by atoms with E-state index in [2.05, 4.69) is 15.4 Å². The quantitative estimate of drug-likeness (QED) is 0.752. The molecule has 0 radical (unpaired) electrons. The van der Waals surface area contributed by atoms with Crippen molar-refractivity contribution in [2.75, 3.05) is 25.5 Å². The molecule has 1 saturated heterocycles. The normalized spacial score (nSPS) is 15.4. The number of ether oxygens (including phenoxy) is 1. The Balaban J connectivity index is 2.23. The summed E-state index contributed by atoms with van der Waals surface area (Å²) in [5.74, 6) is -0.980. The Morgan fingerprint density at radius 3 is 2.88 bits per heavy atom. The minimum atomic E-state index is -0.533. The van der Waals surface area contributed by atoms with E-state index in [4.69, 9.17) is 0 Å². The number of carbonyl (C=O) groups is 1. The maximum Gasteiger partial charge on any atom is 0.340 e. The van der Waals surface area contributed by atoms with Gasteiger partial charge in [0, 0.05) is 18.8 Å². The van der Waals surface area contributed by atoms with E-state index >= 15 is 0 Å². The van der Waals surface area contributed by atoms with Crippen LogP contribution in [0.15, 0.2) is 18.2 Å². The maximum absolute atomic E-state index is 13.0. The van der Waals surface area contributed by atoms with Crippen LogP contribution in [-0.2, 0) is 4.74 Å². The molecule has 0 unspecified atom stereocenters. The Morgan fingerprint density at radius 1 is 1.56 bits per heavy atom. The van der Waals surface area contributed by atoms with E-state index < -0.39 is 11.8 Å². The molecule has 0 bridgehead atoms. The number of esters is 1. The first-order valence-electron chi connectivity index (χ1n) is 5.06. The Bertz CT molecular complexity index is 405. The van der Waals surface area contributed by atoms with Gasteiger partial charge in [0.25, 0.3) is 0 Å². The van der Waals surface area contributed by atoms with Crippen molar-refractivity contribution in [2.24, 2.45) is 0 Å². The van der Waals surface area contributed by atoms with Crippen molar-refractivity contribution in [2.45, 2.75) is 6.04 Å². The summed E-state index contributed by atoms with van der Waals surface area (Å²) in [6, 6.07) is 4.34. The fraction of sp³-hybridized carbons (Fsp3) is 0.364. The zero-order valence-corrected chi connectivity index (χ0v) is 8.92. The molecule has 1 fully saturated rings. The molecule has 2 N–H and O–H groups in total. The van der Waals surface area contributed by atoms with Crippen LogP contribution in [0.1, 0.15) is 10.4 Å². The number of anilines is 1. The van der Waals surface area contributed by atoms with Crippen molar-refractivity contribution < 1.29 is 13.9 Å². The first-order valence-corrected chi connectivity index (χ1v) is 5.06. The number of methoxy groups -OCH3 is 1. The highest BCUT2D eigenvalue weighted by Gasteiger charge is 2.20. The molecule has 1 aromatic carbocycles. The van der Waals surface area contributed by atoms with E-state index in [9.17, 15) is 9.18 Å². The van der Waals surface area contributed by atoms with Gasteiger partial charge in [-0.2, -0.15) is 0 Å². The summed E-state index contributed by atoms with van der Waals surface area (Å²) in [6.07, 6.45) is 0. The van der Waals surface area contributed by atoms with Crippen molar-refractivity contribution in [3.8, 4) is 0 Å². The minimum absolute atomic E-state index is 0.231. The van der Waals surface area contributed by atoms with Gasteiger partial charge in [-0.25, -0.2) is 9.18 Å². The van der Waals surface area contributed by atoms with E-state index in [0.717, 1.165) is 13.1 Å². The Hall–Kier alpha value is -1.62. The summed E-state index contributed by atoms with van der Waals surface area (Å²) in [4.78, 5) is 11.4. The summed E-state index contributed by atoms with van der Waals surface area (Å²) >= 11 is 0. The summed E-state index contributed by atoms with van der Waals surface area (Å²) in [5.41, 5.74) is 0.842. The van der Waals surface area contributed by atoms with Crippen molar-refractivity contribution in [3.05, 3.63) is 29.6 Å².